The number of nitrogens with one attached hydrogen (secondary N) is 1. The van der Waals surface area contributed by atoms with Crippen LogP contribution < -0.4 is 5.32 Å². The van der Waals surface area contributed by atoms with Gasteiger partial charge >= 0.3 is 0 Å². The molecule has 0 heterocycles. The van der Waals surface area contributed by atoms with E-state index in [1.54, 1.807) is 0 Å². The fourth-order valence-corrected chi connectivity index (χ4v) is 1.89. The molecule has 1 rings (SSSR count). The van der Waals surface area contributed by atoms with E-state index in [4.69, 9.17) is 11.6 Å². The first kappa shape index (κ1) is 12.3. The molecule has 0 saturated carbocycles. The van der Waals surface area contributed by atoms with Crippen LogP contribution in [0.15, 0.2) is 36.9 Å². The van der Waals surface area contributed by atoms with Gasteiger partial charge in [0.15, 0.2) is 0 Å². The Morgan fingerprint density at radius 2 is 2.13 bits per heavy atom. The maximum atomic E-state index is 6.13. The van der Waals surface area contributed by atoms with Crippen LogP contribution in [0.25, 0.3) is 0 Å². The lowest BCUT2D eigenvalue weighted by Crippen LogP contribution is -2.29. The second-order valence-electron chi connectivity index (χ2n) is 4.16. The van der Waals surface area contributed by atoms with Crippen LogP contribution in [-0.4, -0.2) is 13.6 Å². The van der Waals surface area contributed by atoms with E-state index in [1.165, 1.54) is 5.56 Å². The molecule has 2 heteroatoms. The molecule has 82 valence electrons. The van der Waals surface area contributed by atoms with Gasteiger partial charge in [0.2, 0.25) is 0 Å². The number of rotatable bonds is 5. The third-order valence-electron chi connectivity index (χ3n) is 2.63. The van der Waals surface area contributed by atoms with Gasteiger partial charge in [-0.1, -0.05) is 42.8 Å². The van der Waals surface area contributed by atoms with Crippen LogP contribution in [0.5, 0.6) is 0 Å². The molecular formula is C13H18ClN. The topological polar surface area (TPSA) is 12.0 Å². The van der Waals surface area contributed by atoms with Gasteiger partial charge in [0.25, 0.3) is 0 Å². The van der Waals surface area contributed by atoms with E-state index in [0.717, 1.165) is 18.0 Å². The molecule has 0 radical (unpaired) electrons. The van der Waals surface area contributed by atoms with Gasteiger partial charge in [-0.05, 0) is 25.1 Å². The molecule has 1 aromatic carbocycles. The normalized spacial score (nSPS) is 14.6. The molecule has 0 spiro atoms. The van der Waals surface area contributed by atoms with E-state index in [9.17, 15) is 0 Å². The molecule has 0 bridgehead atoms. The Balaban J connectivity index is 2.83. The van der Waals surface area contributed by atoms with Crippen LogP contribution in [0.4, 0.5) is 0 Å². The predicted molar refractivity (Wildman–Crippen MR) is 67.4 cm³/mol. The van der Waals surface area contributed by atoms with Gasteiger partial charge in [-0.25, -0.2) is 0 Å². The summed E-state index contributed by atoms with van der Waals surface area (Å²) in [4.78, 5) is 0. The molecule has 0 aliphatic heterocycles. The molecule has 1 N–H and O–H groups in total. The van der Waals surface area contributed by atoms with E-state index >= 15 is 0 Å². The van der Waals surface area contributed by atoms with Crippen molar-refractivity contribution in [2.75, 3.05) is 13.6 Å². The third-order valence-corrected chi connectivity index (χ3v) is 2.99. The molecule has 1 unspecified atom stereocenters. The molecule has 1 nitrogen and oxygen atoms in total. The van der Waals surface area contributed by atoms with Gasteiger partial charge in [0, 0.05) is 17.0 Å². The quantitative estimate of drug-likeness (QED) is 0.756. The van der Waals surface area contributed by atoms with Crippen molar-refractivity contribution in [3.63, 3.8) is 0 Å². The largest absolute Gasteiger partial charge is 0.319 e. The predicted octanol–water partition coefficient (Wildman–Crippen LogP) is 3.29. The molecule has 0 fully saturated rings. The molecule has 1 atom stereocenters. The highest BCUT2D eigenvalue weighted by atomic mass is 35.5. The number of benzene rings is 1. The van der Waals surface area contributed by atoms with Crippen LogP contribution in [0.1, 0.15) is 12.5 Å². The maximum absolute atomic E-state index is 6.13. The molecule has 0 aliphatic rings. The lowest BCUT2D eigenvalue weighted by molar-refractivity contribution is 0.406. The monoisotopic (exact) mass is 223 g/mol. The molecular weight excluding hydrogens is 206 g/mol. The Kier molecular flexibility index (Phi) is 4.37. The SMILES string of the molecule is C=CC(C)(CNC)Cc1ccccc1Cl. The van der Waals surface area contributed by atoms with Gasteiger partial charge in [-0.2, -0.15) is 0 Å². The van der Waals surface area contributed by atoms with Crippen LogP contribution in [0, 0.1) is 5.41 Å². The number of hydrogen-bond donors (Lipinski definition) is 1. The fourth-order valence-electron chi connectivity index (χ4n) is 1.69. The lowest BCUT2D eigenvalue weighted by atomic mass is 9.83. The summed E-state index contributed by atoms with van der Waals surface area (Å²) in [5.41, 5.74) is 1.23. The van der Waals surface area contributed by atoms with E-state index in [-0.39, 0.29) is 5.41 Å². The Bertz CT molecular complexity index is 335. The third kappa shape index (κ3) is 3.37. The van der Waals surface area contributed by atoms with Crippen molar-refractivity contribution in [2.45, 2.75) is 13.3 Å². The molecule has 1 aromatic rings. The van der Waals surface area contributed by atoms with Crippen LogP contribution in [-0.2, 0) is 6.42 Å². The highest BCUT2D eigenvalue weighted by molar-refractivity contribution is 6.31. The van der Waals surface area contributed by atoms with Gasteiger partial charge in [-0.15, -0.1) is 6.58 Å². The number of halogens is 1. The van der Waals surface area contributed by atoms with E-state index < -0.39 is 0 Å². The summed E-state index contributed by atoms with van der Waals surface area (Å²) in [5, 5.41) is 4.02. The van der Waals surface area contributed by atoms with Crippen molar-refractivity contribution < 1.29 is 0 Å². The Hall–Kier alpha value is -0.790. The average Bonchev–Trinajstić information content (AvgIpc) is 2.22. The summed E-state index contributed by atoms with van der Waals surface area (Å²) in [6.07, 6.45) is 2.91. The zero-order valence-corrected chi connectivity index (χ0v) is 10.1. The van der Waals surface area contributed by atoms with E-state index in [1.807, 2.05) is 31.3 Å². The first-order chi connectivity index (χ1) is 7.11. The summed E-state index contributed by atoms with van der Waals surface area (Å²) in [7, 11) is 1.95. The Morgan fingerprint density at radius 1 is 1.47 bits per heavy atom. The summed E-state index contributed by atoms with van der Waals surface area (Å²) < 4.78 is 0. The minimum Gasteiger partial charge on any atom is -0.319 e. The minimum atomic E-state index is 0.0553. The van der Waals surface area contributed by atoms with Crippen molar-refractivity contribution in [3.8, 4) is 0 Å². The van der Waals surface area contributed by atoms with Crippen LogP contribution >= 0.6 is 11.6 Å². The first-order valence-corrected chi connectivity index (χ1v) is 5.51. The van der Waals surface area contributed by atoms with Crippen molar-refractivity contribution in [1.82, 2.24) is 5.32 Å². The Morgan fingerprint density at radius 3 is 2.67 bits per heavy atom. The average molecular weight is 224 g/mol. The highest BCUT2D eigenvalue weighted by Gasteiger charge is 2.20. The highest BCUT2D eigenvalue weighted by Crippen LogP contribution is 2.27. The zero-order chi connectivity index (χ0) is 11.3. The van der Waals surface area contributed by atoms with Crippen LogP contribution in [0.3, 0.4) is 0 Å². The summed E-state index contributed by atoms with van der Waals surface area (Å²) >= 11 is 6.13. The second-order valence-corrected chi connectivity index (χ2v) is 4.56. The van der Waals surface area contributed by atoms with Crippen molar-refractivity contribution in [3.05, 3.63) is 47.5 Å². The summed E-state index contributed by atoms with van der Waals surface area (Å²) in [6, 6.07) is 7.97. The van der Waals surface area contributed by atoms with Gasteiger partial charge < -0.3 is 5.32 Å². The minimum absolute atomic E-state index is 0.0553. The first-order valence-electron chi connectivity index (χ1n) is 5.13. The van der Waals surface area contributed by atoms with Crippen molar-refractivity contribution in [1.29, 1.82) is 0 Å². The molecule has 0 aliphatic carbocycles. The van der Waals surface area contributed by atoms with Crippen LogP contribution in [0.2, 0.25) is 5.02 Å². The summed E-state index contributed by atoms with van der Waals surface area (Å²) in [6.45, 7) is 6.98. The van der Waals surface area contributed by atoms with E-state index in [2.05, 4.69) is 24.9 Å². The second kappa shape index (κ2) is 5.34. The lowest BCUT2D eigenvalue weighted by Gasteiger charge is -2.25. The smallest absolute Gasteiger partial charge is 0.0438 e. The zero-order valence-electron chi connectivity index (χ0n) is 9.39. The standard InChI is InChI=1S/C13H18ClN/c1-4-13(2,10-15-3)9-11-7-5-6-8-12(11)14/h4-8,15H,1,9-10H2,2-3H3. The van der Waals surface area contributed by atoms with Gasteiger partial charge in [0.1, 0.15) is 0 Å². The van der Waals surface area contributed by atoms with Crippen molar-refractivity contribution in [2.24, 2.45) is 5.41 Å². The fraction of sp³-hybridized carbons (Fsp3) is 0.385. The molecule has 0 amide bonds. The van der Waals surface area contributed by atoms with Gasteiger partial charge in [0.05, 0.1) is 0 Å². The molecule has 0 saturated heterocycles. The molecule has 0 aromatic heterocycles. The molecule has 15 heavy (non-hydrogen) atoms. The maximum Gasteiger partial charge on any atom is 0.0438 e. The number of hydrogen-bond acceptors (Lipinski definition) is 1. The summed E-state index contributed by atoms with van der Waals surface area (Å²) in [5.74, 6) is 0. The van der Waals surface area contributed by atoms with Gasteiger partial charge in [-0.3, -0.25) is 0 Å². The van der Waals surface area contributed by atoms with E-state index in [0.29, 0.717) is 0 Å². The Labute approximate surface area is 97.1 Å². The van der Waals surface area contributed by atoms with Crippen molar-refractivity contribution >= 4 is 11.6 Å².